The lowest BCUT2D eigenvalue weighted by Gasteiger charge is -2.26. The van der Waals surface area contributed by atoms with Gasteiger partial charge in [-0.2, -0.15) is 0 Å². The van der Waals surface area contributed by atoms with Gasteiger partial charge in [0, 0.05) is 19.6 Å². The van der Waals surface area contributed by atoms with E-state index in [1.807, 2.05) is 45.0 Å². The molecule has 1 heterocycles. The third-order valence-corrected chi connectivity index (χ3v) is 5.12. The Balaban J connectivity index is 1.39. The summed E-state index contributed by atoms with van der Waals surface area (Å²) in [5, 5.41) is 2.54. The van der Waals surface area contributed by atoms with Crippen molar-refractivity contribution < 1.29 is 23.8 Å². The molecule has 1 aliphatic rings. The second-order valence-corrected chi connectivity index (χ2v) is 7.78. The van der Waals surface area contributed by atoms with Crippen molar-refractivity contribution in [3.05, 3.63) is 64.2 Å². The highest BCUT2D eigenvalue weighted by molar-refractivity contribution is 5.89. The van der Waals surface area contributed by atoms with Gasteiger partial charge in [-0.05, 0) is 49.6 Å². The molecule has 0 unspecified atom stereocenters. The quantitative estimate of drug-likeness (QED) is 0.517. The normalized spacial score (nSPS) is 14.2. The lowest BCUT2D eigenvalue weighted by atomic mass is 10.1. The highest BCUT2D eigenvalue weighted by atomic mass is 16.5. The first-order valence-electron chi connectivity index (χ1n) is 10.5. The first kappa shape index (κ1) is 22.8. The molecule has 1 aliphatic heterocycles. The molecule has 7 nitrogen and oxygen atoms in total. The lowest BCUT2D eigenvalue weighted by Crippen LogP contribution is -2.35. The average molecular weight is 427 g/mol. The van der Waals surface area contributed by atoms with Crippen molar-refractivity contribution in [1.29, 1.82) is 0 Å². The number of aryl methyl sites for hydroxylation is 3. The Morgan fingerprint density at radius 3 is 2.32 bits per heavy atom. The van der Waals surface area contributed by atoms with Gasteiger partial charge in [0.15, 0.2) is 13.3 Å². The molecule has 31 heavy (non-hydrogen) atoms. The Morgan fingerprint density at radius 1 is 1.03 bits per heavy atom. The van der Waals surface area contributed by atoms with E-state index in [1.165, 1.54) is 0 Å². The van der Waals surface area contributed by atoms with Crippen LogP contribution in [0.3, 0.4) is 0 Å². The van der Waals surface area contributed by atoms with Crippen LogP contribution in [-0.2, 0) is 20.8 Å². The topological polar surface area (TPSA) is 77.1 Å². The third kappa shape index (κ3) is 6.80. The first-order chi connectivity index (χ1) is 14.9. The number of ether oxygens (including phenoxy) is 3. The molecule has 0 aromatic heterocycles. The molecule has 3 rings (SSSR count). The molecule has 0 radical (unpaired) electrons. The SMILES string of the molecule is Cc1cc(C)c(OCC(=O)NCOC(=O)c2ccc(CN3CCOCC3)cc2)c(C)c1. The second-order valence-electron chi connectivity index (χ2n) is 7.78. The molecule has 1 fully saturated rings. The van der Waals surface area contributed by atoms with E-state index in [0.717, 1.165) is 55.1 Å². The lowest BCUT2D eigenvalue weighted by molar-refractivity contribution is -0.124. The van der Waals surface area contributed by atoms with Crippen LogP contribution < -0.4 is 10.1 Å². The van der Waals surface area contributed by atoms with Gasteiger partial charge in [0.05, 0.1) is 18.8 Å². The number of amides is 1. The van der Waals surface area contributed by atoms with Crippen LogP contribution in [0.1, 0.15) is 32.6 Å². The molecule has 1 amide bonds. The van der Waals surface area contributed by atoms with Gasteiger partial charge >= 0.3 is 5.97 Å². The summed E-state index contributed by atoms with van der Waals surface area (Å²) in [7, 11) is 0. The summed E-state index contributed by atoms with van der Waals surface area (Å²) < 4.78 is 16.1. The Hall–Kier alpha value is -2.90. The molecule has 0 atom stereocenters. The van der Waals surface area contributed by atoms with Crippen molar-refractivity contribution >= 4 is 11.9 Å². The fraction of sp³-hybridized carbons (Fsp3) is 0.417. The van der Waals surface area contributed by atoms with Crippen molar-refractivity contribution in [1.82, 2.24) is 10.2 Å². The van der Waals surface area contributed by atoms with E-state index >= 15 is 0 Å². The smallest absolute Gasteiger partial charge is 0.339 e. The zero-order valence-corrected chi connectivity index (χ0v) is 18.4. The largest absolute Gasteiger partial charge is 0.483 e. The van der Waals surface area contributed by atoms with Gasteiger partial charge in [-0.1, -0.05) is 29.8 Å². The summed E-state index contributed by atoms with van der Waals surface area (Å²) in [4.78, 5) is 26.5. The minimum atomic E-state index is -0.482. The Kier molecular flexibility index (Phi) is 8.03. The van der Waals surface area contributed by atoms with Crippen LogP contribution in [0.15, 0.2) is 36.4 Å². The number of nitrogens with one attached hydrogen (secondary N) is 1. The molecule has 2 aromatic carbocycles. The Morgan fingerprint density at radius 2 is 1.68 bits per heavy atom. The molecular weight excluding hydrogens is 396 g/mol. The van der Waals surface area contributed by atoms with Crippen LogP contribution in [0.4, 0.5) is 0 Å². The fourth-order valence-electron chi connectivity index (χ4n) is 3.61. The molecule has 2 aromatic rings. The zero-order chi connectivity index (χ0) is 22.2. The summed E-state index contributed by atoms with van der Waals surface area (Å²) in [5.74, 6) is -0.132. The number of carbonyl (C=O) groups excluding carboxylic acids is 2. The summed E-state index contributed by atoms with van der Waals surface area (Å²) in [6.07, 6.45) is 0. The maximum absolute atomic E-state index is 12.2. The van der Waals surface area contributed by atoms with Gasteiger partial charge in [0.1, 0.15) is 5.75 Å². The van der Waals surface area contributed by atoms with Crippen molar-refractivity contribution in [2.45, 2.75) is 27.3 Å². The minimum absolute atomic E-state index is 0.140. The molecule has 0 aliphatic carbocycles. The van der Waals surface area contributed by atoms with Crippen molar-refractivity contribution in [2.75, 3.05) is 39.6 Å². The van der Waals surface area contributed by atoms with Crippen LogP contribution in [0.2, 0.25) is 0 Å². The number of carbonyl (C=O) groups is 2. The van der Waals surface area contributed by atoms with Crippen LogP contribution in [-0.4, -0.2) is 56.4 Å². The molecule has 0 saturated carbocycles. The van der Waals surface area contributed by atoms with Gasteiger partial charge in [-0.3, -0.25) is 9.69 Å². The van der Waals surface area contributed by atoms with Gasteiger partial charge in [0.25, 0.3) is 5.91 Å². The van der Waals surface area contributed by atoms with E-state index in [4.69, 9.17) is 14.2 Å². The highest BCUT2D eigenvalue weighted by Gasteiger charge is 2.13. The average Bonchev–Trinajstić information content (AvgIpc) is 2.74. The number of hydrogen-bond donors (Lipinski definition) is 1. The minimum Gasteiger partial charge on any atom is -0.483 e. The van der Waals surface area contributed by atoms with Crippen LogP contribution in [0, 0.1) is 20.8 Å². The number of rotatable bonds is 8. The monoisotopic (exact) mass is 426 g/mol. The Labute approximate surface area is 183 Å². The predicted molar refractivity (Wildman–Crippen MR) is 117 cm³/mol. The summed E-state index contributed by atoms with van der Waals surface area (Å²) >= 11 is 0. The maximum atomic E-state index is 12.2. The van der Waals surface area contributed by atoms with E-state index < -0.39 is 5.97 Å². The number of morpholine rings is 1. The van der Waals surface area contributed by atoms with Crippen molar-refractivity contribution in [2.24, 2.45) is 0 Å². The van der Waals surface area contributed by atoms with Gasteiger partial charge in [-0.15, -0.1) is 0 Å². The summed E-state index contributed by atoms with van der Waals surface area (Å²) in [6, 6.07) is 11.3. The molecule has 166 valence electrons. The van der Waals surface area contributed by atoms with E-state index in [1.54, 1.807) is 12.1 Å². The predicted octanol–water partition coefficient (Wildman–Crippen LogP) is 2.75. The van der Waals surface area contributed by atoms with Crippen LogP contribution in [0.5, 0.6) is 5.75 Å². The number of benzene rings is 2. The summed E-state index contributed by atoms with van der Waals surface area (Å²) in [6.45, 7) is 9.73. The second kappa shape index (κ2) is 10.9. The number of hydrogen-bond acceptors (Lipinski definition) is 6. The number of esters is 1. The van der Waals surface area contributed by atoms with E-state index in [-0.39, 0.29) is 19.2 Å². The standard InChI is InChI=1S/C24H30N2O5/c1-17-12-18(2)23(19(3)13-17)30-15-22(27)25-16-31-24(28)21-6-4-20(5-7-21)14-26-8-10-29-11-9-26/h4-7,12-13H,8-11,14-16H2,1-3H3,(H,25,27). The molecule has 0 bridgehead atoms. The van der Waals surface area contributed by atoms with E-state index in [9.17, 15) is 9.59 Å². The van der Waals surface area contributed by atoms with Gasteiger partial charge in [-0.25, -0.2) is 4.79 Å². The molecule has 7 heteroatoms. The first-order valence-corrected chi connectivity index (χ1v) is 10.5. The van der Waals surface area contributed by atoms with Gasteiger partial charge in [0.2, 0.25) is 0 Å². The number of nitrogens with zero attached hydrogens (tertiary/aromatic N) is 1. The van der Waals surface area contributed by atoms with E-state index in [2.05, 4.69) is 10.2 Å². The van der Waals surface area contributed by atoms with E-state index in [0.29, 0.717) is 11.3 Å². The van der Waals surface area contributed by atoms with Gasteiger partial charge < -0.3 is 19.5 Å². The highest BCUT2D eigenvalue weighted by Crippen LogP contribution is 2.24. The molecule has 0 spiro atoms. The summed E-state index contributed by atoms with van der Waals surface area (Å²) in [5.41, 5.74) is 4.68. The van der Waals surface area contributed by atoms with Crippen LogP contribution in [0.25, 0.3) is 0 Å². The van der Waals surface area contributed by atoms with Crippen molar-refractivity contribution in [3.63, 3.8) is 0 Å². The van der Waals surface area contributed by atoms with Crippen LogP contribution >= 0.6 is 0 Å². The zero-order valence-electron chi connectivity index (χ0n) is 18.4. The fourth-order valence-corrected chi connectivity index (χ4v) is 3.61. The molecule has 1 N–H and O–H groups in total. The molecule has 1 saturated heterocycles. The maximum Gasteiger partial charge on any atom is 0.339 e. The Bertz CT molecular complexity index is 882. The van der Waals surface area contributed by atoms with Crippen molar-refractivity contribution in [3.8, 4) is 5.75 Å². The molecular formula is C24H30N2O5. The third-order valence-electron chi connectivity index (χ3n) is 5.12.